The van der Waals surface area contributed by atoms with Crippen molar-refractivity contribution < 1.29 is 18.0 Å². The molecule has 3 heterocycles. The lowest BCUT2D eigenvalue weighted by molar-refractivity contribution is -0.136. The first-order chi connectivity index (χ1) is 12.2. The molecule has 1 fully saturated rings. The number of pyridine rings is 1. The van der Waals surface area contributed by atoms with Crippen LogP contribution in [0.15, 0.2) is 6.07 Å². The number of H-pyrrole nitrogens is 1. The number of hydrogen-bond acceptors (Lipinski definition) is 4. The monoisotopic (exact) mass is 369 g/mol. The van der Waals surface area contributed by atoms with Crippen molar-refractivity contribution >= 4 is 22.8 Å². The predicted octanol–water partition coefficient (Wildman–Crippen LogP) is 3.87. The van der Waals surface area contributed by atoms with E-state index in [-0.39, 0.29) is 34.5 Å². The summed E-state index contributed by atoms with van der Waals surface area (Å²) in [6.07, 6.45) is -2.88. The van der Waals surface area contributed by atoms with Crippen molar-refractivity contribution in [3.63, 3.8) is 0 Å². The van der Waals surface area contributed by atoms with Crippen LogP contribution in [-0.4, -0.2) is 38.6 Å². The molecule has 0 aliphatic carbocycles. The Balaban J connectivity index is 2.13. The molecule has 3 rings (SSSR count). The van der Waals surface area contributed by atoms with Gasteiger partial charge in [-0.2, -0.15) is 18.3 Å². The Bertz CT molecular complexity index is 815. The molecule has 1 aliphatic rings. The maximum atomic E-state index is 13.7. The van der Waals surface area contributed by atoms with Crippen LogP contribution in [0.4, 0.5) is 19.0 Å². The highest BCUT2D eigenvalue weighted by Gasteiger charge is 2.38. The Morgan fingerprint density at radius 3 is 2.81 bits per heavy atom. The average molecular weight is 369 g/mol. The topological polar surface area (TPSA) is 73.9 Å². The van der Waals surface area contributed by atoms with E-state index in [2.05, 4.69) is 20.5 Å². The predicted molar refractivity (Wildman–Crippen MR) is 91.6 cm³/mol. The highest BCUT2D eigenvalue weighted by molar-refractivity contribution is 5.91. The van der Waals surface area contributed by atoms with Gasteiger partial charge in [-0.05, 0) is 32.8 Å². The number of carbonyl (C=O) groups excluding carboxylic acids is 1. The number of anilines is 1. The van der Waals surface area contributed by atoms with Crippen LogP contribution in [0.2, 0.25) is 0 Å². The molecule has 0 saturated carbocycles. The van der Waals surface area contributed by atoms with Gasteiger partial charge in [-0.25, -0.2) is 4.98 Å². The van der Waals surface area contributed by atoms with E-state index >= 15 is 0 Å². The summed E-state index contributed by atoms with van der Waals surface area (Å²) in [7, 11) is 0. The van der Waals surface area contributed by atoms with Crippen molar-refractivity contribution in [2.45, 2.75) is 58.3 Å². The molecular formula is C17H22F3N5O. The van der Waals surface area contributed by atoms with Crippen LogP contribution in [0.25, 0.3) is 11.0 Å². The Morgan fingerprint density at radius 1 is 1.46 bits per heavy atom. The van der Waals surface area contributed by atoms with E-state index in [1.54, 1.807) is 11.8 Å². The van der Waals surface area contributed by atoms with Gasteiger partial charge in [0.15, 0.2) is 11.5 Å². The van der Waals surface area contributed by atoms with Crippen LogP contribution >= 0.6 is 0 Å². The van der Waals surface area contributed by atoms with E-state index in [4.69, 9.17) is 0 Å². The molecular weight excluding hydrogens is 347 g/mol. The summed E-state index contributed by atoms with van der Waals surface area (Å²) in [4.78, 5) is 18.1. The molecule has 2 N–H and O–H groups in total. The van der Waals surface area contributed by atoms with Gasteiger partial charge in [0, 0.05) is 19.0 Å². The van der Waals surface area contributed by atoms with Crippen LogP contribution in [0.3, 0.4) is 0 Å². The van der Waals surface area contributed by atoms with Crippen molar-refractivity contribution in [2.24, 2.45) is 0 Å². The summed E-state index contributed by atoms with van der Waals surface area (Å²) in [5.41, 5.74) is -0.456. The van der Waals surface area contributed by atoms with Crippen molar-refractivity contribution in [3.8, 4) is 0 Å². The molecule has 2 aromatic heterocycles. The van der Waals surface area contributed by atoms with Gasteiger partial charge >= 0.3 is 6.18 Å². The molecule has 1 saturated heterocycles. The van der Waals surface area contributed by atoms with E-state index in [1.807, 2.05) is 13.8 Å². The third-order valence-electron chi connectivity index (χ3n) is 4.50. The maximum absolute atomic E-state index is 13.7. The quantitative estimate of drug-likeness (QED) is 0.858. The summed E-state index contributed by atoms with van der Waals surface area (Å²) < 4.78 is 41.2. The van der Waals surface area contributed by atoms with E-state index < -0.39 is 17.8 Å². The number of aromatic amines is 1. The van der Waals surface area contributed by atoms with E-state index in [0.29, 0.717) is 19.4 Å². The first-order valence-corrected chi connectivity index (χ1v) is 8.74. The number of amides is 1. The Labute approximate surface area is 149 Å². The van der Waals surface area contributed by atoms with Crippen molar-refractivity contribution in [2.75, 3.05) is 11.9 Å². The smallest absolute Gasteiger partial charge is 0.366 e. The fourth-order valence-corrected chi connectivity index (χ4v) is 3.40. The fourth-order valence-electron chi connectivity index (χ4n) is 3.40. The Kier molecular flexibility index (Phi) is 4.81. The van der Waals surface area contributed by atoms with Gasteiger partial charge in [-0.1, -0.05) is 6.92 Å². The van der Waals surface area contributed by atoms with Crippen LogP contribution in [0.1, 0.15) is 57.3 Å². The minimum absolute atomic E-state index is 0.0682. The van der Waals surface area contributed by atoms with Crippen molar-refractivity contribution in [3.05, 3.63) is 17.3 Å². The third-order valence-corrected chi connectivity index (χ3v) is 4.50. The molecule has 0 unspecified atom stereocenters. The first-order valence-electron chi connectivity index (χ1n) is 8.74. The van der Waals surface area contributed by atoms with Gasteiger partial charge in [0.2, 0.25) is 5.91 Å². The van der Waals surface area contributed by atoms with Gasteiger partial charge in [0.1, 0.15) is 0 Å². The van der Waals surface area contributed by atoms with Gasteiger partial charge in [0.25, 0.3) is 0 Å². The number of carbonyl (C=O) groups is 1. The van der Waals surface area contributed by atoms with Crippen molar-refractivity contribution in [1.82, 2.24) is 20.1 Å². The number of nitrogens with zero attached hydrogens (tertiary/aromatic N) is 3. The highest BCUT2D eigenvalue weighted by Crippen LogP contribution is 2.40. The molecule has 6 nitrogen and oxygen atoms in total. The summed E-state index contributed by atoms with van der Waals surface area (Å²) >= 11 is 0. The molecule has 1 atom stereocenters. The molecule has 2 aromatic rings. The number of nitrogens with one attached hydrogen (secondary N) is 2. The molecule has 142 valence electrons. The Hall–Kier alpha value is -2.32. The summed E-state index contributed by atoms with van der Waals surface area (Å²) in [5.74, 6) is 0.0593. The molecule has 0 radical (unpaired) electrons. The van der Waals surface area contributed by atoms with Crippen LogP contribution < -0.4 is 5.32 Å². The van der Waals surface area contributed by atoms with Crippen molar-refractivity contribution in [1.29, 1.82) is 0 Å². The van der Waals surface area contributed by atoms with Crippen LogP contribution in [0.5, 0.6) is 0 Å². The molecule has 0 bridgehead atoms. The molecule has 0 aromatic carbocycles. The zero-order chi connectivity index (χ0) is 19.1. The van der Waals surface area contributed by atoms with E-state index in [1.165, 1.54) is 0 Å². The van der Waals surface area contributed by atoms with Gasteiger partial charge in [-0.15, -0.1) is 0 Å². The zero-order valence-electron chi connectivity index (χ0n) is 14.9. The van der Waals surface area contributed by atoms with Crippen LogP contribution in [0, 0.1) is 0 Å². The first kappa shape index (κ1) is 18.5. The summed E-state index contributed by atoms with van der Waals surface area (Å²) in [5, 5.41) is 9.42. The minimum atomic E-state index is -4.55. The highest BCUT2D eigenvalue weighted by atomic mass is 19.4. The minimum Gasteiger partial charge on any atom is -0.366 e. The van der Waals surface area contributed by atoms with Crippen LogP contribution in [-0.2, 0) is 11.0 Å². The number of aromatic nitrogens is 3. The number of halogens is 3. The van der Waals surface area contributed by atoms with Gasteiger partial charge in [-0.3, -0.25) is 9.89 Å². The van der Waals surface area contributed by atoms with Gasteiger partial charge < -0.3 is 10.2 Å². The average Bonchev–Trinajstić information content (AvgIpc) is 3.19. The Morgan fingerprint density at radius 2 is 2.19 bits per heavy atom. The summed E-state index contributed by atoms with van der Waals surface area (Å²) in [6.45, 7) is 5.93. The molecule has 1 amide bonds. The second-order valence-electron chi connectivity index (χ2n) is 6.79. The molecule has 26 heavy (non-hydrogen) atoms. The standard InChI is InChI=1S/C17H22F3N5O/c1-4-13(26)25-7-5-6-12(25)11-8-10(17(18,19)20)14-15(21-9(2)3)23-24-16(14)22-11/h8-9,12H,4-7H2,1-3H3,(H2,21,22,23,24)/t12-/m0/s1. The number of fused-ring (bicyclic) bond motifs is 1. The SMILES string of the molecule is CCC(=O)N1CCC[C@H]1c1cc(C(F)(F)F)c2c(NC(C)C)n[nH]c2n1. The largest absolute Gasteiger partial charge is 0.417 e. The number of likely N-dealkylation sites (tertiary alicyclic amines) is 1. The lowest BCUT2D eigenvalue weighted by Gasteiger charge is -2.24. The second kappa shape index (κ2) is 6.77. The fraction of sp³-hybridized carbons (Fsp3) is 0.588. The number of hydrogen-bond donors (Lipinski definition) is 2. The van der Waals surface area contributed by atoms with Gasteiger partial charge in [0.05, 0.1) is 22.7 Å². The third kappa shape index (κ3) is 3.34. The maximum Gasteiger partial charge on any atom is 0.417 e. The lowest BCUT2D eigenvalue weighted by Crippen LogP contribution is -2.30. The number of alkyl halides is 3. The summed E-state index contributed by atoms with van der Waals surface area (Å²) in [6, 6.07) is 0.558. The lowest BCUT2D eigenvalue weighted by atomic mass is 10.0. The molecule has 9 heteroatoms. The molecule has 0 spiro atoms. The number of rotatable bonds is 4. The normalized spacial score (nSPS) is 18.1. The molecule has 1 aliphatic heterocycles. The zero-order valence-corrected chi connectivity index (χ0v) is 14.9. The van der Waals surface area contributed by atoms with E-state index in [9.17, 15) is 18.0 Å². The second-order valence-corrected chi connectivity index (χ2v) is 6.79. The van der Waals surface area contributed by atoms with E-state index in [0.717, 1.165) is 12.5 Å².